The molecule has 2 fully saturated rings. The highest BCUT2D eigenvalue weighted by Crippen LogP contribution is 2.39. The summed E-state index contributed by atoms with van der Waals surface area (Å²) >= 11 is 0. The fraction of sp³-hybridized carbons (Fsp3) is 1.00. The van der Waals surface area contributed by atoms with Gasteiger partial charge in [-0.25, -0.2) is 0 Å². The molecule has 2 aliphatic rings. The van der Waals surface area contributed by atoms with Crippen molar-refractivity contribution in [2.75, 3.05) is 6.54 Å². The Morgan fingerprint density at radius 1 is 1.40 bits per heavy atom. The first kappa shape index (κ1) is 11.4. The molecule has 0 spiro atoms. The fourth-order valence-corrected chi connectivity index (χ4v) is 3.40. The fourth-order valence-electron chi connectivity index (χ4n) is 3.40. The van der Waals surface area contributed by atoms with Crippen LogP contribution in [0.2, 0.25) is 0 Å². The molecule has 0 radical (unpaired) electrons. The van der Waals surface area contributed by atoms with E-state index in [-0.39, 0.29) is 0 Å². The van der Waals surface area contributed by atoms with Crippen LogP contribution in [0.4, 0.5) is 0 Å². The molecule has 0 amide bonds. The van der Waals surface area contributed by atoms with E-state index in [1.165, 1.54) is 25.7 Å². The van der Waals surface area contributed by atoms with Gasteiger partial charge in [0.25, 0.3) is 0 Å². The monoisotopic (exact) mass is 211 g/mol. The van der Waals surface area contributed by atoms with Gasteiger partial charge in [0.15, 0.2) is 0 Å². The molecule has 1 aliphatic heterocycles. The van der Waals surface area contributed by atoms with E-state index >= 15 is 0 Å². The van der Waals surface area contributed by atoms with Crippen molar-refractivity contribution in [2.24, 2.45) is 11.8 Å². The molecular formula is C13H25NO. The maximum absolute atomic E-state index is 10.6. The minimum absolute atomic E-state index is 0.362. The van der Waals surface area contributed by atoms with Gasteiger partial charge in [0.2, 0.25) is 0 Å². The molecule has 4 unspecified atom stereocenters. The molecule has 1 heterocycles. The molecule has 0 aromatic heterocycles. The van der Waals surface area contributed by atoms with Crippen molar-refractivity contribution in [2.45, 2.75) is 64.0 Å². The van der Waals surface area contributed by atoms with E-state index in [9.17, 15) is 5.11 Å². The van der Waals surface area contributed by atoms with Gasteiger partial charge in [-0.3, -0.25) is 0 Å². The van der Waals surface area contributed by atoms with Crippen LogP contribution in [0.1, 0.15) is 52.4 Å². The van der Waals surface area contributed by atoms with Crippen molar-refractivity contribution < 1.29 is 5.11 Å². The van der Waals surface area contributed by atoms with Gasteiger partial charge >= 0.3 is 0 Å². The summed E-state index contributed by atoms with van der Waals surface area (Å²) in [5.41, 5.74) is -0.396. The van der Waals surface area contributed by atoms with E-state index < -0.39 is 5.60 Å². The molecule has 0 aromatic carbocycles. The van der Waals surface area contributed by atoms with Crippen molar-refractivity contribution >= 4 is 0 Å². The molecule has 2 N–H and O–H groups in total. The summed E-state index contributed by atoms with van der Waals surface area (Å²) in [5, 5.41) is 14.2. The second-order valence-corrected chi connectivity index (χ2v) is 5.76. The quantitative estimate of drug-likeness (QED) is 0.734. The zero-order chi connectivity index (χ0) is 10.9. The summed E-state index contributed by atoms with van der Waals surface area (Å²) in [4.78, 5) is 0. The Morgan fingerprint density at radius 3 is 2.80 bits per heavy atom. The smallest absolute Gasteiger partial charge is 0.0802 e. The molecule has 2 nitrogen and oxygen atoms in total. The van der Waals surface area contributed by atoms with E-state index in [2.05, 4.69) is 19.2 Å². The Balaban J connectivity index is 1.97. The topological polar surface area (TPSA) is 32.3 Å². The molecular weight excluding hydrogens is 186 g/mol. The molecule has 4 atom stereocenters. The predicted molar refractivity (Wildman–Crippen MR) is 62.8 cm³/mol. The molecule has 0 aromatic rings. The van der Waals surface area contributed by atoms with Crippen molar-refractivity contribution in [3.63, 3.8) is 0 Å². The van der Waals surface area contributed by atoms with Gasteiger partial charge < -0.3 is 10.4 Å². The lowest BCUT2D eigenvalue weighted by Gasteiger charge is -2.39. The molecule has 15 heavy (non-hydrogen) atoms. The van der Waals surface area contributed by atoms with E-state index in [4.69, 9.17) is 0 Å². The van der Waals surface area contributed by atoms with E-state index in [1.807, 2.05) is 0 Å². The lowest BCUT2D eigenvalue weighted by molar-refractivity contribution is -0.0117. The third-order valence-corrected chi connectivity index (χ3v) is 4.51. The summed E-state index contributed by atoms with van der Waals surface area (Å²) < 4.78 is 0. The van der Waals surface area contributed by atoms with Crippen molar-refractivity contribution in [1.29, 1.82) is 0 Å². The number of aliphatic hydroxyl groups is 1. The van der Waals surface area contributed by atoms with Crippen LogP contribution in [0.5, 0.6) is 0 Å². The number of piperidine rings is 1. The van der Waals surface area contributed by atoms with Gasteiger partial charge in [-0.15, -0.1) is 0 Å². The lowest BCUT2D eigenvalue weighted by Crippen LogP contribution is -2.53. The first-order valence-corrected chi connectivity index (χ1v) is 6.60. The van der Waals surface area contributed by atoms with Gasteiger partial charge in [0, 0.05) is 6.04 Å². The van der Waals surface area contributed by atoms with Crippen molar-refractivity contribution in [1.82, 2.24) is 5.32 Å². The van der Waals surface area contributed by atoms with Gasteiger partial charge in [0.1, 0.15) is 0 Å². The maximum Gasteiger partial charge on any atom is 0.0802 e. The Bertz CT molecular complexity index is 219. The van der Waals surface area contributed by atoms with Gasteiger partial charge in [0.05, 0.1) is 5.60 Å². The third kappa shape index (κ3) is 2.36. The van der Waals surface area contributed by atoms with Crippen molar-refractivity contribution in [3.05, 3.63) is 0 Å². The number of hydrogen-bond donors (Lipinski definition) is 2. The summed E-state index contributed by atoms with van der Waals surface area (Å²) in [6.45, 7) is 5.63. The molecule has 1 aliphatic carbocycles. The molecule has 2 rings (SSSR count). The number of nitrogens with one attached hydrogen (secondary N) is 1. The van der Waals surface area contributed by atoms with Crippen LogP contribution in [0.3, 0.4) is 0 Å². The second kappa shape index (κ2) is 4.42. The first-order valence-electron chi connectivity index (χ1n) is 6.60. The molecule has 1 saturated carbocycles. The van der Waals surface area contributed by atoms with Crippen LogP contribution < -0.4 is 5.32 Å². The number of hydrogen-bond acceptors (Lipinski definition) is 2. The van der Waals surface area contributed by atoms with Gasteiger partial charge in [-0.05, 0) is 50.5 Å². The Morgan fingerprint density at radius 2 is 2.20 bits per heavy atom. The standard InChI is InChI=1S/C13H25NO/c1-3-11-5-7-14-12(8-11)13(15)6-4-10(2)9-13/h10-12,14-15H,3-9H2,1-2H3. The molecule has 2 heteroatoms. The van der Waals surface area contributed by atoms with Crippen LogP contribution in [0.25, 0.3) is 0 Å². The number of rotatable bonds is 2. The normalized spacial score (nSPS) is 47.0. The summed E-state index contributed by atoms with van der Waals surface area (Å²) in [6.07, 6.45) is 6.94. The predicted octanol–water partition coefficient (Wildman–Crippen LogP) is 2.32. The van der Waals surface area contributed by atoms with Gasteiger partial charge in [-0.2, -0.15) is 0 Å². The zero-order valence-electron chi connectivity index (χ0n) is 10.1. The van der Waals surface area contributed by atoms with E-state index in [0.29, 0.717) is 12.0 Å². The Labute approximate surface area is 93.5 Å². The molecule has 88 valence electrons. The van der Waals surface area contributed by atoms with Crippen LogP contribution in [0, 0.1) is 11.8 Å². The average molecular weight is 211 g/mol. The third-order valence-electron chi connectivity index (χ3n) is 4.51. The van der Waals surface area contributed by atoms with Crippen LogP contribution in [-0.2, 0) is 0 Å². The Hall–Kier alpha value is -0.0800. The average Bonchev–Trinajstić information content (AvgIpc) is 2.60. The van der Waals surface area contributed by atoms with Crippen LogP contribution in [-0.4, -0.2) is 23.3 Å². The highest BCUT2D eigenvalue weighted by molar-refractivity contribution is 4.99. The van der Waals surface area contributed by atoms with Crippen molar-refractivity contribution in [3.8, 4) is 0 Å². The van der Waals surface area contributed by atoms with Crippen LogP contribution >= 0.6 is 0 Å². The largest absolute Gasteiger partial charge is 0.388 e. The highest BCUT2D eigenvalue weighted by Gasteiger charge is 2.43. The van der Waals surface area contributed by atoms with E-state index in [0.717, 1.165) is 25.3 Å². The second-order valence-electron chi connectivity index (χ2n) is 5.76. The first-order chi connectivity index (χ1) is 7.14. The SMILES string of the molecule is CCC1CCNC(C2(O)CCC(C)C2)C1. The lowest BCUT2D eigenvalue weighted by atomic mass is 9.80. The van der Waals surface area contributed by atoms with Crippen LogP contribution in [0.15, 0.2) is 0 Å². The van der Waals surface area contributed by atoms with Gasteiger partial charge in [-0.1, -0.05) is 20.3 Å². The minimum Gasteiger partial charge on any atom is -0.388 e. The Kier molecular flexibility index (Phi) is 3.36. The minimum atomic E-state index is -0.396. The van der Waals surface area contributed by atoms with E-state index in [1.54, 1.807) is 0 Å². The molecule has 1 saturated heterocycles. The zero-order valence-corrected chi connectivity index (χ0v) is 10.1. The summed E-state index contributed by atoms with van der Waals surface area (Å²) in [5.74, 6) is 1.54. The summed E-state index contributed by atoms with van der Waals surface area (Å²) in [7, 11) is 0. The highest BCUT2D eigenvalue weighted by atomic mass is 16.3. The maximum atomic E-state index is 10.6. The summed E-state index contributed by atoms with van der Waals surface area (Å²) in [6, 6.07) is 0.362. The molecule has 0 bridgehead atoms.